The van der Waals surface area contributed by atoms with Crippen LogP contribution in [0.5, 0.6) is 17.2 Å². The van der Waals surface area contributed by atoms with E-state index in [0.29, 0.717) is 24.7 Å². The molecule has 0 radical (unpaired) electrons. The Labute approximate surface area is 201 Å². The van der Waals surface area contributed by atoms with Gasteiger partial charge in [0, 0.05) is 12.2 Å². The first-order valence-electron chi connectivity index (χ1n) is 11.5. The van der Waals surface area contributed by atoms with Gasteiger partial charge >= 0.3 is 6.03 Å². The van der Waals surface area contributed by atoms with Gasteiger partial charge in [0.1, 0.15) is 12.4 Å². The number of carbonyl (C=O) groups is 1. The van der Waals surface area contributed by atoms with Crippen molar-refractivity contribution in [3.05, 3.63) is 82.4 Å². The van der Waals surface area contributed by atoms with Crippen molar-refractivity contribution in [1.29, 1.82) is 0 Å². The van der Waals surface area contributed by atoms with Crippen LogP contribution in [0.25, 0.3) is 0 Å². The molecule has 0 unspecified atom stereocenters. The van der Waals surface area contributed by atoms with E-state index in [4.69, 9.17) is 14.2 Å². The number of methoxy groups -OCH3 is 2. The standard InChI is InChI=1S/C28H32N2O4/c1-18-7-6-8-22(12-18)29-28(31)30-10-9-21-15-26(32-4)27(33-5)16-24(21)25(30)17-34-23-13-19(2)11-20(3)14-23/h6-8,11-16,25H,9-10,17H2,1-5H3,(H,29,31)/t25-/m0/s1. The van der Waals surface area contributed by atoms with Gasteiger partial charge in [0.2, 0.25) is 0 Å². The average molecular weight is 461 g/mol. The fourth-order valence-electron chi connectivity index (χ4n) is 4.56. The predicted molar refractivity (Wildman–Crippen MR) is 134 cm³/mol. The number of fused-ring (bicyclic) bond motifs is 1. The van der Waals surface area contributed by atoms with E-state index in [-0.39, 0.29) is 12.1 Å². The van der Waals surface area contributed by atoms with Gasteiger partial charge in [-0.15, -0.1) is 0 Å². The fraction of sp³-hybridized carbons (Fsp3) is 0.321. The molecule has 6 heteroatoms. The van der Waals surface area contributed by atoms with E-state index in [9.17, 15) is 4.79 Å². The molecule has 0 spiro atoms. The lowest BCUT2D eigenvalue weighted by atomic mass is 9.92. The van der Waals surface area contributed by atoms with Crippen molar-refractivity contribution in [1.82, 2.24) is 4.90 Å². The molecule has 0 saturated carbocycles. The summed E-state index contributed by atoms with van der Waals surface area (Å²) in [5.41, 5.74) is 6.28. The monoisotopic (exact) mass is 460 g/mol. The number of amides is 2. The summed E-state index contributed by atoms with van der Waals surface area (Å²) >= 11 is 0. The van der Waals surface area contributed by atoms with Crippen molar-refractivity contribution in [2.75, 3.05) is 32.7 Å². The van der Waals surface area contributed by atoms with Crippen LogP contribution in [0, 0.1) is 20.8 Å². The van der Waals surface area contributed by atoms with E-state index in [0.717, 1.165) is 45.7 Å². The number of nitrogens with one attached hydrogen (secondary N) is 1. The predicted octanol–water partition coefficient (Wildman–Crippen LogP) is 5.84. The number of carbonyl (C=O) groups excluding carboxylic acids is 1. The summed E-state index contributed by atoms with van der Waals surface area (Å²) < 4.78 is 17.3. The quantitative estimate of drug-likeness (QED) is 0.502. The molecule has 1 aliphatic rings. The summed E-state index contributed by atoms with van der Waals surface area (Å²) in [5.74, 6) is 2.12. The van der Waals surface area contributed by atoms with Crippen LogP contribution in [0.4, 0.5) is 10.5 Å². The summed E-state index contributed by atoms with van der Waals surface area (Å²) in [7, 11) is 3.26. The fourth-order valence-corrected chi connectivity index (χ4v) is 4.56. The molecule has 0 fully saturated rings. The third-order valence-electron chi connectivity index (χ3n) is 6.14. The third-order valence-corrected chi connectivity index (χ3v) is 6.14. The highest BCUT2D eigenvalue weighted by Crippen LogP contribution is 2.38. The largest absolute Gasteiger partial charge is 0.493 e. The summed E-state index contributed by atoms with van der Waals surface area (Å²) in [6.45, 7) is 7.00. The van der Waals surface area contributed by atoms with Gasteiger partial charge in [-0.2, -0.15) is 0 Å². The normalized spacial score (nSPS) is 14.9. The molecule has 1 N–H and O–H groups in total. The molecule has 4 rings (SSSR count). The molecule has 0 bridgehead atoms. The zero-order valence-electron chi connectivity index (χ0n) is 20.5. The molecule has 0 aliphatic carbocycles. The molecule has 1 heterocycles. The number of rotatable bonds is 6. The van der Waals surface area contributed by atoms with E-state index in [1.807, 2.05) is 60.4 Å². The minimum Gasteiger partial charge on any atom is -0.493 e. The summed E-state index contributed by atoms with van der Waals surface area (Å²) in [6, 6.07) is 17.5. The lowest BCUT2D eigenvalue weighted by molar-refractivity contribution is 0.144. The molecule has 1 atom stereocenters. The van der Waals surface area contributed by atoms with Gasteiger partial charge in [0.05, 0.1) is 20.3 Å². The highest BCUT2D eigenvalue weighted by atomic mass is 16.5. The smallest absolute Gasteiger partial charge is 0.322 e. The van der Waals surface area contributed by atoms with Crippen molar-refractivity contribution in [2.45, 2.75) is 33.2 Å². The molecule has 3 aromatic carbocycles. The molecule has 2 amide bonds. The first kappa shape index (κ1) is 23.5. The van der Waals surface area contributed by atoms with Gasteiger partial charge in [0.25, 0.3) is 0 Å². The molecule has 1 aliphatic heterocycles. The lowest BCUT2D eigenvalue weighted by Crippen LogP contribution is -2.44. The highest BCUT2D eigenvalue weighted by molar-refractivity contribution is 5.90. The van der Waals surface area contributed by atoms with E-state index < -0.39 is 0 Å². The molecule has 178 valence electrons. The number of ether oxygens (including phenoxy) is 3. The maximum absolute atomic E-state index is 13.4. The Balaban J connectivity index is 1.66. The van der Waals surface area contributed by atoms with Crippen molar-refractivity contribution in [3.63, 3.8) is 0 Å². The molecule has 0 aromatic heterocycles. The summed E-state index contributed by atoms with van der Waals surface area (Å²) in [5, 5.41) is 3.06. The van der Waals surface area contributed by atoms with Crippen LogP contribution in [0.3, 0.4) is 0 Å². The van der Waals surface area contributed by atoms with Gasteiger partial charge < -0.3 is 24.4 Å². The topological polar surface area (TPSA) is 60.0 Å². The Hall–Kier alpha value is -3.67. The van der Waals surface area contributed by atoms with Gasteiger partial charge in [-0.05, 0) is 91.4 Å². The minimum absolute atomic E-state index is 0.153. The Morgan fingerprint density at radius 2 is 1.65 bits per heavy atom. The number of nitrogens with zero attached hydrogens (tertiary/aromatic N) is 1. The number of hydrogen-bond acceptors (Lipinski definition) is 4. The van der Waals surface area contributed by atoms with Gasteiger partial charge in [-0.25, -0.2) is 4.79 Å². The van der Waals surface area contributed by atoms with Gasteiger partial charge in [-0.3, -0.25) is 0 Å². The van der Waals surface area contributed by atoms with Crippen molar-refractivity contribution < 1.29 is 19.0 Å². The van der Waals surface area contributed by atoms with E-state index in [1.54, 1.807) is 14.2 Å². The molecular weight excluding hydrogens is 428 g/mol. The lowest BCUT2D eigenvalue weighted by Gasteiger charge is -2.37. The van der Waals surface area contributed by atoms with Crippen molar-refractivity contribution in [3.8, 4) is 17.2 Å². The molecule has 6 nitrogen and oxygen atoms in total. The second-order valence-electron chi connectivity index (χ2n) is 8.80. The minimum atomic E-state index is -0.283. The number of urea groups is 1. The Kier molecular flexibility index (Phi) is 6.96. The zero-order valence-corrected chi connectivity index (χ0v) is 20.5. The second kappa shape index (κ2) is 10.1. The first-order chi connectivity index (χ1) is 16.4. The van der Waals surface area contributed by atoms with Crippen LogP contribution < -0.4 is 19.5 Å². The van der Waals surface area contributed by atoms with Crippen molar-refractivity contribution in [2.24, 2.45) is 0 Å². The maximum Gasteiger partial charge on any atom is 0.322 e. The van der Waals surface area contributed by atoms with Crippen molar-refractivity contribution >= 4 is 11.7 Å². The van der Waals surface area contributed by atoms with Crippen LogP contribution in [-0.4, -0.2) is 38.3 Å². The number of hydrogen-bond donors (Lipinski definition) is 1. The van der Waals surface area contributed by atoms with Crippen LogP contribution in [0.15, 0.2) is 54.6 Å². The Morgan fingerprint density at radius 3 is 2.32 bits per heavy atom. The second-order valence-corrected chi connectivity index (χ2v) is 8.80. The van der Waals surface area contributed by atoms with Crippen LogP contribution in [-0.2, 0) is 6.42 Å². The van der Waals surface area contributed by atoms with Crippen LogP contribution in [0.1, 0.15) is 33.9 Å². The number of anilines is 1. The SMILES string of the molecule is COc1cc2c(cc1OC)[C@H](COc1cc(C)cc(C)c1)N(C(=O)Nc1cccc(C)c1)CC2. The van der Waals surface area contributed by atoms with E-state index >= 15 is 0 Å². The molecule has 34 heavy (non-hydrogen) atoms. The maximum atomic E-state index is 13.4. The Bertz CT molecular complexity index is 1170. The van der Waals surface area contributed by atoms with Gasteiger partial charge in [0.15, 0.2) is 11.5 Å². The molecular formula is C28H32N2O4. The number of aryl methyl sites for hydroxylation is 3. The van der Waals surface area contributed by atoms with E-state index in [1.165, 1.54) is 0 Å². The third kappa shape index (κ3) is 5.11. The number of benzene rings is 3. The zero-order chi connectivity index (χ0) is 24.2. The molecule has 3 aromatic rings. The highest BCUT2D eigenvalue weighted by Gasteiger charge is 2.33. The van der Waals surface area contributed by atoms with E-state index in [2.05, 4.69) is 25.2 Å². The Morgan fingerprint density at radius 1 is 0.941 bits per heavy atom. The van der Waals surface area contributed by atoms with Crippen LogP contribution >= 0.6 is 0 Å². The van der Waals surface area contributed by atoms with Gasteiger partial charge in [-0.1, -0.05) is 18.2 Å². The summed E-state index contributed by atoms with van der Waals surface area (Å²) in [4.78, 5) is 15.2. The molecule has 0 saturated heterocycles. The first-order valence-corrected chi connectivity index (χ1v) is 11.5. The van der Waals surface area contributed by atoms with Crippen LogP contribution in [0.2, 0.25) is 0 Å². The summed E-state index contributed by atoms with van der Waals surface area (Å²) in [6.07, 6.45) is 0.719. The average Bonchev–Trinajstić information content (AvgIpc) is 2.80.